The van der Waals surface area contributed by atoms with Gasteiger partial charge in [0, 0.05) is 26.6 Å². The average Bonchev–Trinajstić information content (AvgIpc) is 2.80. The second kappa shape index (κ2) is 12.4. The zero-order valence-corrected chi connectivity index (χ0v) is 21.4. The fourth-order valence-electron chi connectivity index (χ4n) is 3.80. The molecule has 0 saturated carbocycles. The first-order valence-electron chi connectivity index (χ1n) is 11.3. The highest BCUT2D eigenvalue weighted by atomic mass is 32.2. The topological polar surface area (TPSA) is 96.0 Å². The van der Waals surface area contributed by atoms with Crippen LogP contribution in [0, 0.1) is 6.92 Å². The van der Waals surface area contributed by atoms with Crippen LogP contribution in [0.4, 0.5) is 5.69 Å². The van der Waals surface area contributed by atoms with Crippen LogP contribution in [0.15, 0.2) is 48.5 Å². The molecule has 1 atom stereocenters. The number of nitrogens with one attached hydrogen (secondary N) is 1. The van der Waals surface area contributed by atoms with E-state index in [1.807, 2.05) is 44.2 Å². The van der Waals surface area contributed by atoms with Gasteiger partial charge in [0.2, 0.25) is 21.8 Å². The molecule has 0 aromatic heterocycles. The molecule has 0 heterocycles. The summed E-state index contributed by atoms with van der Waals surface area (Å²) in [6.45, 7) is 4.19. The van der Waals surface area contributed by atoms with E-state index < -0.39 is 16.1 Å². The Balaban J connectivity index is 2.18. The molecule has 2 aromatic carbocycles. The molecule has 34 heavy (non-hydrogen) atoms. The summed E-state index contributed by atoms with van der Waals surface area (Å²) < 4.78 is 31.3. The fraction of sp³-hybridized carbons (Fsp3) is 0.440. The molecule has 1 N–H and O–H groups in total. The number of sulfonamides is 1. The van der Waals surface area contributed by atoms with Gasteiger partial charge in [-0.1, -0.05) is 31.2 Å². The maximum Gasteiger partial charge on any atom is 0.242 e. The van der Waals surface area contributed by atoms with E-state index in [9.17, 15) is 18.0 Å². The normalized spacial score (nSPS) is 12.0. The number of methoxy groups -OCH3 is 1. The maximum absolute atomic E-state index is 13.3. The first-order valence-corrected chi connectivity index (χ1v) is 13.1. The zero-order valence-electron chi connectivity index (χ0n) is 20.6. The lowest BCUT2D eigenvalue weighted by molar-refractivity contribution is -0.141. The number of benzene rings is 2. The van der Waals surface area contributed by atoms with E-state index in [1.54, 1.807) is 37.3 Å². The Morgan fingerprint density at radius 1 is 1.12 bits per heavy atom. The van der Waals surface area contributed by atoms with Crippen LogP contribution in [0.2, 0.25) is 0 Å². The fourth-order valence-corrected chi connectivity index (χ4v) is 4.76. The highest BCUT2D eigenvalue weighted by molar-refractivity contribution is 7.92. The van der Waals surface area contributed by atoms with Gasteiger partial charge in [-0.15, -0.1) is 0 Å². The molecule has 0 fully saturated rings. The van der Waals surface area contributed by atoms with Crippen LogP contribution in [-0.2, 0) is 26.2 Å². The number of amides is 2. The van der Waals surface area contributed by atoms with Gasteiger partial charge in [-0.2, -0.15) is 0 Å². The van der Waals surface area contributed by atoms with Gasteiger partial charge in [0.05, 0.1) is 19.1 Å². The van der Waals surface area contributed by atoms with Crippen molar-refractivity contribution in [2.24, 2.45) is 0 Å². The number of anilines is 1. The summed E-state index contributed by atoms with van der Waals surface area (Å²) in [5.41, 5.74) is 2.39. The van der Waals surface area contributed by atoms with E-state index in [1.165, 1.54) is 4.31 Å². The molecule has 0 saturated heterocycles. The van der Waals surface area contributed by atoms with E-state index in [2.05, 4.69) is 5.32 Å². The molecule has 0 unspecified atom stereocenters. The maximum atomic E-state index is 13.3. The smallest absolute Gasteiger partial charge is 0.242 e. The van der Waals surface area contributed by atoms with E-state index in [-0.39, 0.29) is 31.3 Å². The Labute approximate surface area is 202 Å². The van der Waals surface area contributed by atoms with E-state index in [0.717, 1.165) is 17.4 Å². The second-order valence-corrected chi connectivity index (χ2v) is 10.1. The van der Waals surface area contributed by atoms with Crippen LogP contribution >= 0.6 is 0 Å². The molecule has 2 amide bonds. The monoisotopic (exact) mass is 489 g/mol. The Bertz CT molecular complexity index is 1070. The summed E-state index contributed by atoms with van der Waals surface area (Å²) in [7, 11) is -0.382. The lowest BCUT2D eigenvalue weighted by atomic mass is 10.1. The van der Waals surface area contributed by atoms with Crippen LogP contribution in [0.1, 0.15) is 37.3 Å². The number of aryl methyl sites for hydroxylation is 1. The summed E-state index contributed by atoms with van der Waals surface area (Å²) >= 11 is 0. The molecule has 0 spiro atoms. The highest BCUT2D eigenvalue weighted by Crippen LogP contribution is 2.21. The molecule has 0 bridgehead atoms. The second-order valence-electron chi connectivity index (χ2n) is 8.19. The summed E-state index contributed by atoms with van der Waals surface area (Å²) in [5.74, 6) is 0.267. The van der Waals surface area contributed by atoms with Gasteiger partial charge in [0.1, 0.15) is 11.8 Å². The Kier molecular flexibility index (Phi) is 9.92. The van der Waals surface area contributed by atoms with Gasteiger partial charge in [0.15, 0.2) is 0 Å². The molecular weight excluding hydrogens is 454 g/mol. The Morgan fingerprint density at radius 3 is 2.32 bits per heavy atom. The lowest BCUT2D eigenvalue weighted by Crippen LogP contribution is -2.48. The summed E-state index contributed by atoms with van der Waals surface area (Å²) in [6, 6.07) is 14.0. The van der Waals surface area contributed by atoms with Crippen molar-refractivity contribution < 1.29 is 22.7 Å². The van der Waals surface area contributed by atoms with E-state index in [4.69, 9.17) is 4.74 Å². The number of hydrogen-bond acceptors (Lipinski definition) is 5. The minimum absolute atomic E-state index is 0.113. The SMILES string of the molecule is CC[C@H](C(=O)NC)N(Cc1ccc(OC)cc1)C(=O)CCCN(c1cccc(C)c1)S(C)(=O)=O. The first kappa shape index (κ1) is 27.2. The minimum Gasteiger partial charge on any atom is -0.497 e. The Hall–Kier alpha value is -3.07. The average molecular weight is 490 g/mol. The van der Waals surface area contributed by atoms with Gasteiger partial charge in [0.25, 0.3) is 0 Å². The number of carbonyl (C=O) groups is 2. The minimum atomic E-state index is -3.51. The highest BCUT2D eigenvalue weighted by Gasteiger charge is 2.28. The van der Waals surface area contributed by atoms with Crippen molar-refractivity contribution in [2.75, 3.05) is 31.3 Å². The molecule has 0 aliphatic carbocycles. The molecule has 2 aromatic rings. The molecule has 9 heteroatoms. The largest absolute Gasteiger partial charge is 0.497 e. The van der Waals surface area contributed by atoms with Crippen molar-refractivity contribution in [1.82, 2.24) is 10.2 Å². The van der Waals surface area contributed by atoms with Gasteiger partial charge in [-0.25, -0.2) is 8.42 Å². The number of rotatable bonds is 12. The molecule has 0 radical (unpaired) electrons. The summed E-state index contributed by atoms with van der Waals surface area (Å²) in [4.78, 5) is 27.3. The molecular formula is C25H35N3O5S. The van der Waals surface area contributed by atoms with Gasteiger partial charge < -0.3 is 15.0 Å². The van der Waals surface area contributed by atoms with Crippen LogP contribution in [0.25, 0.3) is 0 Å². The van der Waals surface area contributed by atoms with Gasteiger partial charge >= 0.3 is 0 Å². The van der Waals surface area contributed by atoms with Crippen LogP contribution in [0.3, 0.4) is 0 Å². The molecule has 0 aliphatic heterocycles. The predicted molar refractivity (Wildman–Crippen MR) is 134 cm³/mol. The van der Waals surface area contributed by atoms with Gasteiger partial charge in [-0.05, 0) is 55.2 Å². The quantitative estimate of drug-likeness (QED) is 0.494. The van der Waals surface area contributed by atoms with Crippen molar-refractivity contribution >= 4 is 27.5 Å². The van der Waals surface area contributed by atoms with Crippen LogP contribution < -0.4 is 14.4 Å². The number of nitrogens with zero attached hydrogens (tertiary/aromatic N) is 2. The van der Waals surface area contributed by atoms with Crippen molar-refractivity contribution in [1.29, 1.82) is 0 Å². The molecule has 2 rings (SSSR count). The van der Waals surface area contributed by atoms with Crippen molar-refractivity contribution in [3.8, 4) is 5.75 Å². The third-order valence-corrected chi connectivity index (χ3v) is 6.78. The van der Waals surface area contributed by atoms with Crippen LogP contribution in [0.5, 0.6) is 5.75 Å². The van der Waals surface area contributed by atoms with Crippen LogP contribution in [-0.4, -0.2) is 58.1 Å². The predicted octanol–water partition coefficient (Wildman–Crippen LogP) is 3.10. The number of likely N-dealkylation sites (N-methyl/N-ethyl adjacent to an activating group) is 1. The molecule has 0 aliphatic rings. The van der Waals surface area contributed by atoms with Crippen molar-refractivity contribution in [3.05, 3.63) is 59.7 Å². The number of hydrogen-bond donors (Lipinski definition) is 1. The standard InChI is InChI=1S/C25H35N3O5S/c1-6-23(25(30)26-3)27(18-20-12-14-22(33-4)15-13-20)24(29)11-8-16-28(34(5,31)32)21-10-7-9-19(2)17-21/h7,9-10,12-15,17,23H,6,8,11,16,18H2,1-5H3,(H,26,30)/t23-/m1/s1. The third-order valence-electron chi connectivity index (χ3n) is 5.59. The third kappa shape index (κ3) is 7.48. The van der Waals surface area contributed by atoms with Crippen molar-refractivity contribution in [3.63, 3.8) is 0 Å². The summed E-state index contributed by atoms with van der Waals surface area (Å²) in [6.07, 6.45) is 2.05. The zero-order chi connectivity index (χ0) is 25.3. The van der Waals surface area contributed by atoms with Gasteiger partial charge in [-0.3, -0.25) is 13.9 Å². The van der Waals surface area contributed by atoms with E-state index >= 15 is 0 Å². The van der Waals surface area contributed by atoms with Crippen molar-refractivity contribution in [2.45, 2.75) is 45.7 Å². The lowest BCUT2D eigenvalue weighted by Gasteiger charge is -2.31. The first-order chi connectivity index (χ1) is 16.1. The molecule has 8 nitrogen and oxygen atoms in total. The number of ether oxygens (including phenoxy) is 1. The summed E-state index contributed by atoms with van der Waals surface area (Å²) in [5, 5.41) is 2.64. The Morgan fingerprint density at radius 2 is 1.79 bits per heavy atom. The number of carbonyl (C=O) groups excluding carboxylic acids is 2. The molecule has 186 valence electrons. The van der Waals surface area contributed by atoms with E-state index in [0.29, 0.717) is 24.3 Å².